The van der Waals surface area contributed by atoms with E-state index in [-0.39, 0.29) is 0 Å². The highest BCUT2D eigenvalue weighted by molar-refractivity contribution is 5.15. The van der Waals surface area contributed by atoms with Gasteiger partial charge in [-0.1, -0.05) is 0 Å². The van der Waals surface area contributed by atoms with Gasteiger partial charge in [0.1, 0.15) is 0 Å². The van der Waals surface area contributed by atoms with Crippen LogP contribution in [0.3, 0.4) is 0 Å². The fourth-order valence-corrected chi connectivity index (χ4v) is 2.07. The van der Waals surface area contributed by atoms with Gasteiger partial charge in [0, 0.05) is 13.2 Å². The zero-order valence-corrected chi connectivity index (χ0v) is 15.9. The molecule has 0 bridgehead atoms. The van der Waals surface area contributed by atoms with Crippen LogP contribution in [0.5, 0.6) is 0 Å². The molecule has 0 atom stereocenters. The van der Waals surface area contributed by atoms with Gasteiger partial charge in [0.15, 0.2) is 6.29 Å². The smallest absolute Gasteiger partial charge is 0.353 e. The molecule has 0 fully saturated rings. The number of halogens is 17. The highest BCUT2D eigenvalue weighted by Crippen LogP contribution is 2.64. The molecule has 0 aliphatic heterocycles. The third-order valence-electron chi connectivity index (χ3n) is 3.92. The van der Waals surface area contributed by atoms with Crippen LogP contribution in [0.4, 0.5) is 74.6 Å². The summed E-state index contributed by atoms with van der Waals surface area (Å²) in [7, 11) is 0. The van der Waals surface area contributed by atoms with Gasteiger partial charge in [-0.05, 0) is 13.8 Å². The van der Waals surface area contributed by atoms with Crippen LogP contribution in [-0.2, 0) is 9.47 Å². The maximum atomic E-state index is 13.7. The maximum Gasteiger partial charge on any atom is 0.460 e. The average molecular weight is 536 g/mol. The Balaban J connectivity index is 6.58. The van der Waals surface area contributed by atoms with E-state index in [1.165, 1.54) is 0 Å². The molecular weight excluding hydrogens is 523 g/mol. The van der Waals surface area contributed by atoms with Gasteiger partial charge in [0.25, 0.3) is 0 Å². The number of hydrogen-bond donors (Lipinski definition) is 0. The molecule has 0 aliphatic carbocycles. The van der Waals surface area contributed by atoms with Crippen LogP contribution in [0, 0.1) is 0 Å². The standard InChI is InChI=1S/C14H13F17O2/c1-3-32-6(33-4-2)5-7(15,16)8(17,18)9(19,20)10(21,22)11(23,24)12(25,26)13(27,28)14(29,30)31/h6H,3-5H2,1-2H3. The normalized spacial score (nSPS) is 16.0. The zero-order valence-electron chi connectivity index (χ0n) is 15.9. The van der Waals surface area contributed by atoms with Crippen molar-refractivity contribution in [1.82, 2.24) is 0 Å². The second-order valence-electron chi connectivity index (χ2n) is 6.19. The fourth-order valence-electron chi connectivity index (χ4n) is 2.07. The van der Waals surface area contributed by atoms with Crippen molar-refractivity contribution in [3.8, 4) is 0 Å². The number of hydrogen-bond acceptors (Lipinski definition) is 2. The van der Waals surface area contributed by atoms with Crippen LogP contribution in [-0.4, -0.2) is 67.1 Å². The molecule has 0 aromatic heterocycles. The molecule has 0 saturated carbocycles. The lowest BCUT2D eigenvalue weighted by molar-refractivity contribution is -0.462. The average Bonchev–Trinajstić information content (AvgIpc) is 2.59. The van der Waals surface area contributed by atoms with Crippen LogP contribution in [0.15, 0.2) is 0 Å². The Bertz CT molecular complexity index is 649. The van der Waals surface area contributed by atoms with Crippen molar-refractivity contribution < 1.29 is 84.1 Å². The van der Waals surface area contributed by atoms with Gasteiger partial charge in [-0.15, -0.1) is 0 Å². The second kappa shape index (κ2) is 9.07. The zero-order chi connectivity index (χ0) is 27.1. The van der Waals surface area contributed by atoms with Crippen molar-refractivity contribution in [3.63, 3.8) is 0 Å². The van der Waals surface area contributed by atoms with Crippen LogP contribution in [0.25, 0.3) is 0 Å². The quantitative estimate of drug-likeness (QED) is 0.202. The summed E-state index contributed by atoms with van der Waals surface area (Å²) in [6.07, 6.45) is -13.1. The molecule has 0 amide bonds. The first-order valence-electron chi connectivity index (χ1n) is 8.19. The molecule has 0 spiro atoms. The van der Waals surface area contributed by atoms with E-state index in [1.54, 1.807) is 0 Å². The molecule has 200 valence electrons. The second-order valence-corrected chi connectivity index (χ2v) is 6.19. The van der Waals surface area contributed by atoms with E-state index in [4.69, 9.17) is 0 Å². The summed E-state index contributed by atoms with van der Waals surface area (Å²) in [5.41, 5.74) is 0. The van der Waals surface area contributed by atoms with Gasteiger partial charge < -0.3 is 9.47 Å². The Kier molecular flexibility index (Phi) is 8.72. The van der Waals surface area contributed by atoms with Gasteiger partial charge in [-0.3, -0.25) is 0 Å². The minimum atomic E-state index is -8.64. The Morgan fingerprint density at radius 2 is 0.727 bits per heavy atom. The molecule has 0 radical (unpaired) electrons. The van der Waals surface area contributed by atoms with E-state index in [1.807, 2.05) is 0 Å². The Hall–Kier alpha value is -1.27. The Labute approximate surface area is 173 Å². The summed E-state index contributed by atoms with van der Waals surface area (Å²) in [4.78, 5) is 0. The molecule has 0 saturated heterocycles. The predicted octanol–water partition coefficient (Wildman–Crippen LogP) is 6.79. The van der Waals surface area contributed by atoms with E-state index < -0.39 is 73.6 Å². The van der Waals surface area contributed by atoms with Crippen molar-refractivity contribution in [2.24, 2.45) is 0 Å². The van der Waals surface area contributed by atoms with E-state index in [0.29, 0.717) is 0 Å². The molecule has 33 heavy (non-hydrogen) atoms. The van der Waals surface area contributed by atoms with Crippen molar-refractivity contribution in [2.75, 3.05) is 13.2 Å². The first-order chi connectivity index (χ1) is 14.2. The van der Waals surface area contributed by atoms with E-state index in [2.05, 4.69) is 9.47 Å². The molecule has 19 heteroatoms. The minimum Gasteiger partial charge on any atom is -0.353 e. The Morgan fingerprint density at radius 1 is 0.455 bits per heavy atom. The molecule has 0 aromatic rings. The molecule has 0 aliphatic rings. The van der Waals surface area contributed by atoms with Gasteiger partial charge >= 0.3 is 47.6 Å². The molecular formula is C14H13F17O2. The summed E-state index contributed by atoms with van der Waals surface area (Å²) in [6, 6.07) is 0. The third-order valence-corrected chi connectivity index (χ3v) is 3.92. The van der Waals surface area contributed by atoms with Crippen LogP contribution < -0.4 is 0 Å². The van der Waals surface area contributed by atoms with Gasteiger partial charge in [-0.25, -0.2) is 0 Å². The van der Waals surface area contributed by atoms with Crippen LogP contribution >= 0.6 is 0 Å². The van der Waals surface area contributed by atoms with E-state index in [0.717, 1.165) is 13.8 Å². The lowest BCUT2D eigenvalue weighted by Gasteiger charge is -2.43. The summed E-state index contributed by atoms with van der Waals surface area (Å²) in [5.74, 6) is -56.5. The lowest BCUT2D eigenvalue weighted by atomic mass is 9.88. The predicted molar refractivity (Wildman–Crippen MR) is 72.3 cm³/mol. The van der Waals surface area contributed by atoms with Crippen LogP contribution in [0.1, 0.15) is 20.3 Å². The van der Waals surface area contributed by atoms with Crippen molar-refractivity contribution >= 4 is 0 Å². The van der Waals surface area contributed by atoms with E-state index >= 15 is 0 Å². The largest absolute Gasteiger partial charge is 0.460 e. The lowest BCUT2D eigenvalue weighted by Crippen LogP contribution is -2.74. The maximum absolute atomic E-state index is 13.7. The molecule has 0 aromatic carbocycles. The van der Waals surface area contributed by atoms with Crippen molar-refractivity contribution in [2.45, 2.75) is 74.2 Å². The fraction of sp³-hybridized carbons (Fsp3) is 1.00. The molecule has 0 unspecified atom stereocenters. The third kappa shape index (κ3) is 4.80. The van der Waals surface area contributed by atoms with E-state index in [9.17, 15) is 74.6 Å². The summed E-state index contributed by atoms with van der Waals surface area (Å²) >= 11 is 0. The van der Waals surface area contributed by atoms with Crippen LogP contribution in [0.2, 0.25) is 0 Å². The topological polar surface area (TPSA) is 18.5 Å². The van der Waals surface area contributed by atoms with Gasteiger partial charge in [0.2, 0.25) is 0 Å². The minimum absolute atomic E-state index is 0.643. The molecule has 0 N–H and O–H groups in total. The molecule has 0 heterocycles. The number of ether oxygens (including phenoxy) is 2. The SMILES string of the molecule is CCOC(CC(F)(F)C(F)(F)C(F)(F)C(F)(F)C(F)(F)C(F)(F)C(F)(F)C(F)(F)F)OCC. The first-order valence-corrected chi connectivity index (χ1v) is 8.19. The monoisotopic (exact) mass is 536 g/mol. The number of alkyl halides is 17. The van der Waals surface area contributed by atoms with Crippen molar-refractivity contribution in [1.29, 1.82) is 0 Å². The highest BCUT2D eigenvalue weighted by atomic mass is 19.4. The molecule has 2 nitrogen and oxygen atoms in total. The van der Waals surface area contributed by atoms with Gasteiger partial charge in [-0.2, -0.15) is 74.6 Å². The summed E-state index contributed by atoms with van der Waals surface area (Å²) < 4.78 is 232. The number of rotatable bonds is 12. The Morgan fingerprint density at radius 3 is 1.00 bits per heavy atom. The highest BCUT2D eigenvalue weighted by Gasteiger charge is 2.95. The van der Waals surface area contributed by atoms with Crippen molar-refractivity contribution in [3.05, 3.63) is 0 Å². The first kappa shape index (κ1) is 31.7. The summed E-state index contributed by atoms with van der Waals surface area (Å²) in [5, 5.41) is 0. The molecule has 0 rings (SSSR count). The van der Waals surface area contributed by atoms with Gasteiger partial charge in [0.05, 0.1) is 6.42 Å². The summed E-state index contributed by atoms with van der Waals surface area (Å²) in [6.45, 7) is 0.731.